The predicted molar refractivity (Wildman–Crippen MR) is 64.7 cm³/mol. The number of benzene rings is 1. The molecule has 0 fully saturated rings. The highest BCUT2D eigenvalue weighted by Gasteiger charge is 2.16. The van der Waals surface area contributed by atoms with Gasteiger partial charge in [0.25, 0.3) is 5.91 Å². The van der Waals surface area contributed by atoms with Gasteiger partial charge in [-0.2, -0.15) is 0 Å². The van der Waals surface area contributed by atoms with E-state index in [-0.39, 0.29) is 5.91 Å². The third kappa shape index (κ3) is 2.99. The standard InChI is InChI=1S/C13H19NO2/c1-5-12(13(15)14-4)16-11-7-6-9(2)10(3)8-11/h6-8,12H,5H2,1-4H3,(H,14,15)/t12-/m1/s1. The molecule has 3 nitrogen and oxygen atoms in total. The first-order valence-electron chi connectivity index (χ1n) is 5.54. The summed E-state index contributed by atoms with van der Waals surface area (Å²) < 4.78 is 5.64. The molecule has 0 aliphatic rings. The summed E-state index contributed by atoms with van der Waals surface area (Å²) in [5, 5.41) is 2.60. The largest absolute Gasteiger partial charge is 0.481 e. The summed E-state index contributed by atoms with van der Waals surface area (Å²) in [6, 6.07) is 5.86. The first kappa shape index (κ1) is 12.6. The van der Waals surface area contributed by atoms with Crippen LogP contribution in [0, 0.1) is 13.8 Å². The van der Waals surface area contributed by atoms with Crippen molar-refractivity contribution in [3.05, 3.63) is 29.3 Å². The second-order valence-electron chi connectivity index (χ2n) is 3.88. The SMILES string of the molecule is CC[C@@H](Oc1ccc(C)c(C)c1)C(=O)NC. The molecule has 0 saturated heterocycles. The number of hydrogen-bond donors (Lipinski definition) is 1. The Bertz CT molecular complexity index is 374. The van der Waals surface area contributed by atoms with Gasteiger partial charge in [-0.25, -0.2) is 0 Å². The van der Waals surface area contributed by atoms with Gasteiger partial charge in [-0.1, -0.05) is 13.0 Å². The van der Waals surface area contributed by atoms with Crippen molar-refractivity contribution in [3.8, 4) is 5.75 Å². The van der Waals surface area contributed by atoms with Crippen molar-refractivity contribution in [2.75, 3.05) is 7.05 Å². The number of hydrogen-bond acceptors (Lipinski definition) is 2. The van der Waals surface area contributed by atoms with Crippen LogP contribution in [0.2, 0.25) is 0 Å². The number of likely N-dealkylation sites (N-methyl/N-ethyl adjacent to an activating group) is 1. The fourth-order valence-corrected chi connectivity index (χ4v) is 1.43. The Labute approximate surface area is 96.8 Å². The van der Waals surface area contributed by atoms with Crippen molar-refractivity contribution in [3.63, 3.8) is 0 Å². The molecular weight excluding hydrogens is 202 g/mol. The number of nitrogens with one attached hydrogen (secondary N) is 1. The summed E-state index contributed by atoms with van der Waals surface area (Å²) >= 11 is 0. The van der Waals surface area contributed by atoms with Crippen LogP contribution in [0.25, 0.3) is 0 Å². The molecule has 3 heteroatoms. The highest BCUT2D eigenvalue weighted by molar-refractivity contribution is 5.80. The molecule has 1 amide bonds. The molecule has 88 valence electrons. The number of carbonyl (C=O) groups is 1. The van der Waals surface area contributed by atoms with E-state index in [9.17, 15) is 4.79 Å². The number of aryl methyl sites for hydroxylation is 2. The van der Waals surface area contributed by atoms with Gasteiger partial charge in [-0.15, -0.1) is 0 Å². The fourth-order valence-electron chi connectivity index (χ4n) is 1.43. The van der Waals surface area contributed by atoms with Gasteiger partial charge in [-0.3, -0.25) is 4.79 Å². The van der Waals surface area contributed by atoms with E-state index in [1.165, 1.54) is 11.1 Å². The average Bonchev–Trinajstić information content (AvgIpc) is 2.29. The summed E-state index contributed by atoms with van der Waals surface area (Å²) in [5.41, 5.74) is 2.39. The van der Waals surface area contributed by atoms with Gasteiger partial charge in [0.2, 0.25) is 0 Å². The Morgan fingerprint density at radius 3 is 2.56 bits per heavy atom. The Morgan fingerprint density at radius 1 is 1.38 bits per heavy atom. The van der Waals surface area contributed by atoms with E-state index < -0.39 is 6.10 Å². The maximum Gasteiger partial charge on any atom is 0.260 e. The van der Waals surface area contributed by atoms with Crippen molar-refractivity contribution in [1.29, 1.82) is 0 Å². The Morgan fingerprint density at radius 2 is 2.06 bits per heavy atom. The van der Waals surface area contributed by atoms with Crippen molar-refractivity contribution >= 4 is 5.91 Å². The van der Waals surface area contributed by atoms with Gasteiger partial charge in [0.05, 0.1) is 0 Å². The molecule has 16 heavy (non-hydrogen) atoms. The predicted octanol–water partition coefficient (Wildman–Crippen LogP) is 2.21. The van der Waals surface area contributed by atoms with Crippen LogP contribution in [0.4, 0.5) is 0 Å². The van der Waals surface area contributed by atoms with E-state index in [1.54, 1.807) is 7.05 Å². The van der Waals surface area contributed by atoms with Crippen molar-refractivity contribution in [1.82, 2.24) is 5.32 Å². The van der Waals surface area contributed by atoms with Gasteiger partial charge in [0.15, 0.2) is 6.10 Å². The van der Waals surface area contributed by atoms with E-state index in [4.69, 9.17) is 4.74 Å². The molecule has 0 bridgehead atoms. The molecular formula is C13H19NO2. The first-order valence-corrected chi connectivity index (χ1v) is 5.54. The Hall–Kier alpha value is -1.51. The molecule has 1 aromatic carbocycles. The zero-order valence-electron chi connectivity index (χ0n) is 10.3. The van der Waals surface area contributed by atoms with Crippen molar-refractivity contribution < 1.29 is 9.53 Å². The molecule has 0 aromatic heterocycles. The number of ether oxygens (including phenoxy) is 1. The van der Waals surface area contributed by atoms with Crippen LogP contribution in [0.1, 0.15) is 24.5 Å². The molecule has 1 aromatic rings. The van der Waals surface area contributed by atoms with Crippen LogP contribution in [-0.2, 0) is 4.79 Å². The molecule has 0 radical (unpaired) electrons. The monoisotopic (exact) mass is 221 g/mol. The van der Waals surface area contributed by atoms with E-state index >= 15 is 0 Å². The molecule has 0 saturated carbocycles. The normalized spacial score (nSPS) is 12.0. The maximum atomic E-state index is 11.5. The highest BCUT2D eigenvalue weighted by Crippen LogP contribution is 2.18. The summed E-state index contributed by atoms with van der Waals surface area (Å²) in [7, 11) is 1.62. The molecule has 1 rings (SSSR count). The summed E-state index contributed by atoms with van der Waals surface area (Å²) in [6.45, 7) is 6.01. The lowest BCUT2D eigenvalue weighted by molar-refractivity contribution is -0.127. The van der Waals surface area contributed by atoms with Gasteiger partial charge in [-0.05, 0) is 43.5 Å². The lowest BCUT2D eigenvalue weighted by Crippen LogP contribution is -2.35. The third-order valence-corrected chi connectivity index (χ3v) is 2.67. The van der Waals surface area contributed by atoms with Gasteiger partial charge >= 0.3 is 0 Å². The van der Waals surface area contributed by atoms with E-state index in [2.05, 4.69) is 12.2 Å². The minimum absolute atomic E-state index is 0.0827. The summed E-state index contributed by atoms with van der Waals surface area (Å²) in [4.78, 5) is 11.5. The van der Waals surface area contributed by atoms with E-state index in [0.29, 0.717) is 6.42 Å². The van der Waals surface area contributed by atoms with E-state index in [1.807, 2.05) is 32.0 Å². The molecule has 1 atom stereocenters. The lowest BCUT2D eigenvalue weighted by Gasteiger charge is -2.16. The number of carbonyl (C=O) groups excluding carboxylic acids is 1. The molecule has 0 spiro atoms. The van der Waals surface area contributed by atoms with Gasteiger partial charge in [0, 0.05) is 7.05 Å². The highest BCUT2D eigenvalue weighted by atomic mass is 16.5. The first-order chi connectivity index (χ1) is 7.58. The number of rotatable bonds is 4. The number of amides is 1. The zero-order valence-corrected chi connectivity index (χ0v) is 10.3. The third-order valence-electron chi connectivity index (χ3n) is 2.67. The topological polar surface area (TPSA) is 38.3 Å². The molecule has 0 heterocycles. The zero-order chi connectivity index (χ0) is 12.1. The second-order valence-corrected chi connectivity index (χ2v) is 3.88. The smallest absolute Gasteiger partial charge is 0.260 e. The lowest BCUT2D eigenvalue weighted by atomic mass is 10.1. The maximum absolute atomic E-state index is 11.5. The Kier molecular flexibility index (Phi) is 4.35. The minimum atomic E-state index is -0.410. The molecule has 0 unspecified atom stereocenters. The average molecular weight is 221 g/mol. The second kappa shape index (κ2) is 5.54. The van der Waals surface area contributed by atoms with Crippen molar-refractivity contribution in [2.45, 2.75) is 33.3 Å². The summed E-state index contributed by atoms with van der Waals surface area (Å²) in [6.07, 6.45) is 0.249. The van der Waals surface area contributed by atoms with Crippen molar-refractivity contribution in [2.24, 2.45) is 0 Å². The Balaban J connectivity index is 2.78. The molecule has 1 N–H and O–H groups in total. The van der Waals surface area contributed by atoms with Crippen LogP contribution in [0.15, 0.2) is 18.2 Å². The van der Waals surface area contributed by atoms with Crippen LogP contribution in [-0.4, -0.2) is 19.1 Å². The van der Waals surface area contributed by atoms with Crippen LogP contribution in [0.5, 0.6) is 5.75 Å². The van der Waals surface area contributed by atoms with Crippen LogP contribution >= 0.6 is 0 Å². The van der Waals surface area contributed by atoms with Gasteiger partial charge < -0.3 is 10.1 Å². The minimum Gasteiger partial charge on any atom is -0.481 e. The molecule has 0 aliphatic carbocycles. The fraction of sp³-hybridized carbons (Fsp3) is 0.462. The van der Waals surface area contributed by atoms with Gasteiger partial charge in [0.1, 0.15) is 5.75 Å². The van der Waals surface area contributed by atoms with E-state index in [0.717, 1.165) is 5.75 Å². The quantitative estimate of drug-likeness (QED) is 0.846. The van der Waals surface area contributed by atoms with Crippen LogP contribution in [0.3, 0.4) is 0 Å². The van der Waals surface area contributed by atoms with Crippen LogP contribution < -0.4 is 10.1 Å². The summed E-state index contributed by atoms with van der Waals surface area (Å²) in [5.74, 6) is 0.666. The molecule has 0 aliphatic heterocycles.